The number of hydrogen-bond acceptors (Lipinski definition) is 6. The smallest absolute Gasteiger partial charge is 0.273 e. The number of rotatable bonds is 5. The minimum absolute atomic E-state index is 0.00146. The molecule has 21 heavy (non-hydrogen) atoms. The Kier molecular flexibility index (Phi) is 4.89. The number of nitrogens with zero attached hydrogens (tertiary/aromatic N) is 3. The van der Waals surface area contributed by atoms with Crippen molar-refractivity contribution in [3.8, 4) is 5.75 Å². The van der Waals surface area contributed by atoms with Gasteiger partial charge in [0, 0.05) is 25.4 Å². The second kappa shape index (κ2) is 6.85. The number of amides is 1. The lowest BCUT2D eigenvalue weighted by Crippen LogP contribution is -2.29. The molecule has 7 nitrogen and oxygen atoms in total. The van der Waals surface area contributed by atoms with Gasteiger partial charge in [0.25, 0.3) is 5.91 Å². The summed E-state index contributed by atoms with van der Waals surface area (Å²) >= 11 is 5.81. The molecule has 0 aliphatic rings. The van der Waals surface area contributed by atoms with E-state index < -0.39 is 5.91 Å². The Morgan fingerprint density at radius 2 is 2.19 bits per heavy atom. The molecule has 0 radical (unpaired) electrons. The molecule has 3 N–H and O–H groups in total. The van der Waals surface area contributed by atoms with Crippen molar-refractivity contribution in [3.05, 3.63) is 41.1 Å². The average molecular weight is 308 g/mol. The van der Waals surface area contributed by atoms with Crippen LogP contribution >= 0.6 is 11.6 Å². The Morgan fingerprint density at radius 3 is 2.90 bits per heavy atom. The van der Waals surface area contributed by atoms with Gasteiger partial charge in [-0.15, -0.1) is 0 Å². The topological polar surface area (TPSA) is 100 Å². The van der Waals surface area contributed by atoms with Gasteiger partial charge in [-0.05, 0) is 19.1 Å². The van der Waals surface area contributed by atoms with E-state index in [0.717, 1.165) is 0 Å². The van der Waals surface area contributed by atoms with Gasteiger partial charge >= 0.3 is 0 Å². The number of pyridine rings is 1. The average Bonchev–Trinajstić information content (AvgIpc) is 2.43. The third kappa shape index (κ3) is 4.28. The number of aryl methyl sites for hydroxylation is 1. The summed E-state index contributed by atoms with van der Waals surface area (Å²) in [4.78, 5) is 23.7. The van der Waals surface area contributed by atoms with Crippen molar-refractivity contribution >= 4 is 23.3 Å². The van der Waals surface area contributed by atoms with Crippen molar-refractivity contribution in [1.29, 1.82) is 0 Å². The van der Waals surface area contributed by atoms with Gasteiger partial charge in [0.2, 0.25) is 0 Å². The largest absolute Gasteiger partial charge is 0.505 e. The van der Waals surface area contributed by atoms with E-state index in [1.54, 1.807) is 19.1 Å². The molecule has 0 aliphatic heterocycles. The quantitative estimate of drug-likeness (QED) is 0.570. The second-order valence-corrected chi connectivity index (χ2v) is 4.56. The third-order valence-electron chi connectivity index (χ3n) is 2.52. The number of nitrogens with one attached hydrogen (secondary N) is 2. The van der Waals surface area contributed by atoms with E-state index in [2.05, 4.69) is 25.6 Å². The molecule has 1 amide bonds. The molecule has 0 aromatic carbocycles. The minimum atomic E-state index is -0.438. The fourth-order valence-corrected chi connectivity index (χ4v) is 1.87. The van der Waals surface area contributed by atoms with Crippen molar-refractivity contribution < 1.29 is 9.90 Å². The molecule has 8 heteroatoms. The Bertz CT molecular complexity index is 630. The Morgan fingerprint density at radius 1 is 1.38 bits per heavy atom. The number of anilines is 1. The van der Waals surface area contributed by atoms with Crippen LogP contribution < -0.4 is 10.6 Å². The van der Waals surface area contributed by atoms with Crippen LogP contribution in [0.25, 0.3) is 0 Å². The number of carbonyl (C=O) groups excluding carboxylic acids is 1. The van der Waals surface area contributed by atoms with E-state index in [9.17, 15) is 9.90 Å². The zero-order valence-corrected chi connectivity index (χ0v) is 12.1. The molecule has 0 saturated carbocycles. The number of carbonyl (C=O) groups is 1. The molecule has 0 unspecified atom stereocenters. The van der Waals surface area contributed by atoms with E-state index in [1.165, 1.54) is 12.3 Å². The zero-order valence-electron chi connectivity index (χ0n) is 11.3. The molecule has 0 atom stereocenters. The van der Waals surface area contributed by atoms with Crippen molar-refractivity contribution in [1.82, 2.24) is 20.3 Å². The van der Waals surface area contributed by atoms with Crippen LogP contribution in [-0.4, -0.2) is 39.1 Å². The lowest BCUT2D eigenvalue weighted by Gasteiger charge is -2.08. The molecule has 0 saturated heterocycles. The van der Waals surface area contributed by atoms with Crippen LogP contribution in [0, 0.1) is 6.92 Å². The van der Waals surface area contributed by atoms with E-state index in [1.807, 2.05) is 0 Å². The van der Waals surface area contributed by atoms with Crippen molar-refractivity contribution in [2.45, 2.75) is 6.92 Å². The van der Waals surface area contributed by atoms with Crippen LogP contribution in [0.2, 0.25) is 5.15 Å². The summed E-state index contributed by atoms with van der Waals surface area (Å²) in [5.74, 6) is 0.558. The fourth-order valence-electron chi connectivity index (χ4n) is 1.64. The summed E-state index contributed by atoms with van der Waals surface area (Å²) in [5, 5.41) is 15.5. The molecule has 0 spiro atoms. The first-order valence-electron chi connectivity index (χ1n) is 6.23. The molecule has 2 aromatic heterocycles. The van der Waals surface area contributed by atoms with Crippen LogP contribution in [0.1, 0.15) is 16.3 Å². The van der Waals surface area contributed by atoms with Crippen molar-refractivity contribution in [3.63, 3.8) is 0 Å². The fraction of sp³-hybridized carbons (Fsp3) is 0.231. The highest BCUT2D eigenvalue weighted by atomic mass is 35.5. The molecule has 2 aromatic rings. The lowest BCUT2D eigenvalue weighted by atomic mass is 10.3. The Labute approximate surface area is 126 Å². The molecule has 2 rings (SSSR count). The van der Waals surface area contributed by atoms with Crippen LogP contribution in [0.5, 0.6) is 5.75 Å². The first-order chi connectivity index (χ1) is 10.1. The third-order valence-corrected chi connectivity index (χ3v) is 2.72. The van der Waals surface area contributed by atoms with Gasteiger partial charge in [-0.3, -0.25) is 4.79 Å². The van der Waals surface area contributed by atoms with E-state index in [0.29, 0.717) is 29.9 Å². The van der Waals surface area contributed by atoms with Gasteiger partial charge < -0.3 is 15.7 Å². The number of aromatic hydroxyl groups is 1. The normalized spacial score (nSPS) is 10.2. The predicted octanol–water partition coefficient (Wildman–Crippen LogP) is 1.38. The number of aromatic nitrogens is 3. The predicted molar refractivity (Wildman–Crippen MR) is 78.5 cm³/mol. The molecular formula is C13H14ClN5O2. The number of hydrogen-bond donors (Lipinski definition) is 3. The Balaban J connectivity index is 1.82. The zero-order chi connectivity index (χ0) is 15.2. The van der Waals surface area contributed by atoms with Gasteiger partial charge in [-0.2, -0.15) is 0 Å². The highest BCUT2D eigenvalue weighted by molar-refractivity contribution is 6.29. The van der Waals surface area contributed by atoms with E-state index in [4.69, 9.17) is 11.6 Å². The molecular weight excluding hydrogens is 294 g/mol. The van der Waals surface area contributed by atoms with E-state index in [-0.39, 0.29) is 11.4 Å². The summed E-state index contributed by atoms with van der Waals surface area (Å²) in [5.41, 5.74) is -0.00146. The molecule has 0 fully saturated rings. The van der Waals surface area contributed by atoms with Crippen LogP contribution in [0.3, 0.4) is 0 Å². The van der Waals surface area contributed by atoms with Crippen LogP contribution in [-0.2, 0) is 0 Å². The van der Waals surface area contributed by atoms with Gasteiger partial charge in [0.05, 0.1) is 0 Å². The van der Waals surface area contributed by atoms with Gasteiger partial charge in [-0.25, -0.2) is 15.0 Å². The summed E-state index contributed by atoms with van der Waals surface area (Å²) in [6.07, 6.45) is 1.44. The highest BCUT2D eigenvalue weighted by Gasteiger charge is 2.10. The maximum absolute atomic E-state index is 11.8. The first-order valence-corrected chi connectivity index (χ1v) is 6.61. The molecule has 0 aliphatic carbocycles. The molecule has 0 bridgehead atoms. The van der Waals surface area contributed by atoms with Gasteiger partial charge in [-0.1, -0.05) is 11.6 Å². The lowest BCUT2D eigenvalue weighted by molar-refractivity contribution is 0.0947. The summed E-state index contributed by atoms with van der Waals surface area (Å²) < 4.78 is 0. The van der Waals surface area contributed by atoms with Crippen molar-refractivity contribution in [2.75, 3.05) is 18.4 Å². The summed E-state index contributed by atoms with van der Waals surface area (Å²) in [6, 6.07) is 4.56. The van der Waals surface area contributed by atoms with Crippen LogP contribution in [0.4, 0.5) is 5.82 Å². The summed E-state index contributed by atoms with van der Waals surface area (Å²) in [7, 11) is 0. The molecule has 2 heterocycles. The molecule has 110 valence electrons. The highest BCUT2D eigenvalue weighted by Crippen LogP contribution is 2.12. The SMILES string of the molecule is Cc1nc(Cl)cc(NCCNC(=O)c2ncccc2O)n1. The van der Waals surface area contributed by atoms with E-state index >= 15 is 0 Å². The maximum Gasteiger partial charge on any atom is 0.273 e. The number of halogens is 1. The standard InChI is InChI=1S/C13H14ClN5O2/c1-8-18-10(14)7-11(19-8)15-5-6-17-13(21)12-9(20)3-2-4-16-12/h2-4,7,20H,5-6H2,1H3,(H,17,21)(H,15,18,19). The maximum atomic E-state index is 11.8. The first kappa shape index (κ1) is 15.0. The van der Waals surface area contributed by atoms with Gasteiger partial charge in [0.1, 0.15) is 22.5 Å². The van der Waals surface area contributed by atoms with Crippen LogP contribution in [0.15, 0.2) is 24.4 Å². The monoisotopic (exact) mass is 307 g/mol. The Hall–Kier alpha value is -2.41. The van der Waals surface area contributed by atoms with Gasteiger partial charge in [0.15, 0.2) is 5.69 Å². The summed E-state index contributed by atoms with van der Waals surface area (Å²) in [6.45, 7) is 2.53. The second-order valence-electron chi connectivity index (χ2n) is 4.18. The minimum Gasteiger partial charge on any atom is -0.505 e. The van der Waals surface area contributed by atoms with Crippen molar-refractivity contribution in [2.24, 2.45) is 0 Å².